The first-order valence-corrected chi connectivity index (χ1v) is 6.96. The van der Waals surface area contributed by atoms with Crippen molar-refractivity contribution in [3.8, 4) is 11.5 Å². The van der Waals surface area contributed by atoms with Crippen molar-refractivity contribution in [2.75, 3.05) is 6.61 Å². The summed E-state index contributed by atoms with van der Waals surface area (Å²) in [5.74, 6) is -1.37. The molecule has 2 heterocycles. The molecular formula is C16H14FNO5. The van der Waals surface area contributed by atoms with E-state index >= 15 is 0 Å². The van der Waals surface area contributed by atoms with Crippen LogP contribution >= 0.6 is 0 Å². The van der Waals surface area contributed by atoms with Crippen molar-refractivity contribution < 1.29 is 28.9 Å². The Labute approximate surface area is 131 Å². The first-order valence-electron chi connectivity index (χ1n) is 6.96. The smallest absolute Gasteiger partial charge is 0.339 e. The van der Waals surface area contributed by atoms with Gasteiger partial charge < -0.3 is 19.7 Å². The lowest BCUT2D eigenvalue weighted by Gasteiger charge is -2.29. The number of aliphatic hydroxyl groups is 1. The lowest BCUT2D eigenvalue weighted by molar-refractivity contribution is 0.0656. The fourth-order valence-electron chi connectivity index (χ4n) is 2.58. The minimum Gasteiger partial charge on any atom is -0.485 e. The Morgan fingerprint density at radius 2 is 2.22 bits per heavy atom. The van der Waals surface area contributed by atoms with E-state index < -0.39 is 24.0 Å². The predicted molar refractivity (Wildman–Crippen MR) is 77.1 cm³/mol. The fraction of sp³-hybridized carbons (Fsp3) is 0.250. The minimum atomic E-state index is -1.12. The zero-order valence-electron chi connectivity index (χ0n) is 12.2. The Balaban J connectivity index is 1.99. The van der Waals surface area contributed by atoms with Crippen molar-refractivity contribution in [3.05, 3.63) is 53.1 Å². The maximum absolute atomic E-state index is 13.9. The van der Waals surface area contributed by atoms with Gasteiger partial charge in [0.1, 0.15) is 18.0 Å². The fourth-order valence-corrected chi connectivity index (χ4v) is 2.58. The first kappa shape index (κ1) is 15.2. The van der Waals surface area contributed by atoms with Gasteiger partial charge in [-0.2, -0.15) is 0 Å². The van der Waals surface area contributed by atoms with Gasteiger partial charge in [-0.15, -0.1) is 0 Å². The van der Waals surface area contributed by atoms with Crippen LogP contribution in [0.15, 0.2) is 30.6 Å². The average molecular weight is 319 g/mol. The third kappa shape index (κ3) is 2.70. The average Bonchev–Trinajstić information content (AvgIpc) is 2.53. The molecule has 2 N–H and O–H groups in total. The number of aromatic carboxylic acids is 1. The van der Waals surface area contributed by atoms with Crippen LogP contribution in [0.4, 0.5) is 4.39 Å². The van der Waals surface area contributed by atoms with Gasteiger partial charge in [-0.3, -0.25) is 4.98 Å². The van der Waals surface area contributed by atoms with E-state index in [1.165, 1.54) is 25.3 Å². The Morgan fingerprint density at radius 1 is 1.43 bits per heavy atom. The number of carboxylic acid groups (broad SMARTS) is 1. The number of rotatable bonds is 3. The number of fused-ring (bicyclic) bond motifs is 1. The molecule has 1 aromatic heterocycles. The zero-order valence-corrected chi connectivity index (χ0v) is 12.2. The molecule has 6 nitrogen and oxygen atoms in total. The Morgan fingerprint density at radius 3 is 2.91 bits per heavy atom. The van der Waals surface area contributed by atoms with Crippen LogP contribution in [0.5, 0.6) is 11.5 Å². The van der Waals surface area contributed by atoms with Gasteiger partial charge in [0.15, 0.2) is 17.6 Å². The standard InChI is InChI=1S/C16H14FNO5/c1-8(19)14-10(5-18-6-11(14)17)13-7-22-15-9(16(20)21)3-2-4-12(15)23-13/h2-6,8,13,19H,7H2,1H3,(H,20,21). The summed E-state index contributed by atoms with van der Waals surface area (Å²) in [4.78, 5) is 15.0. The van der Waals surface area contributed by atoms with Gasteiger partial charge in [-0.05, 0) is 19.1 Å². The molecule has 0 spiro atoms. The summed E-state index contributed by atoms with van der Waals surface area (Å²) in [6.07, 6.45) is 0.694. The van der Waals surface area contributed by atoms with Crippen LogP contribution < -0.4 is 9.47 Å². The maximum Gasteiger partial charge on any atom is 0.339 e. The summed E-state index contributed by atoms with van der Waals surface area (Å²) in [6, 6.07) is 4.52. The third-order valence-corrected chi connectivity index (χ3v) is 3.59. The largest absolute Gasteiger partial charge is 0.485 e. The molecule has 1 aliphatic rings. The number of carbonyl (C=O) groups is 1. The number of halogens is 1. The number of benzene rings is 1. The van der Waals surface area contributed by atoms with Gasteiger partial charge in [0.25, 0.3) is 0 Å². The van der Waals surface area contributed by atoms with Crippen LogP contribution in [0.25, 0.3) is 0 Å². The molecule has 7 heteroatoms. The van der Waals surface area contributed by atoms with E-state index in [1.54, 1.807) is 6.07 Å². The number of para-hydroxylation sites is 1. The summed E-state index contributed by atoms with van der Waals surface area (Å²) in [5, 5.41) is 18.9. The predicted octanol–water partition coefficient (Wildman–Crippen LogP) is 2.48. The molecule has 3 rings (SSSR count). The Bertz CT molecular complexity index is 762. The van der Waals surface area contributed by atoms with Crippen molar-refractivity contribution >= 4 is 5.97 Å². The maximum atomic E-state index is 13.9. The van der Waals surface area contributed by atoms with E-state index in [9.17, 15) is 14.3 Å². The molecule has 0 radical (unpaired) electrons. The van der Waals surface area contributed by atoms with Gasteiger partial charge in [0.05, 0.1) is 12.3 Å². The monoisotopic (exact) mass is 319 g/mol. The highest BCUT2D eigenvalue weighted by atomic mass is 19.1. The number of aliphatic hydroxyl groups excluding tert-OH is 1. The van der Waals surface area contributed by atoms with Crippen molar-refractivity contribution in [3.63, 3.8) is 0 Å². The highest BCUT2D eigenvalue weighted by Crippen LogP contribution is 2.40. The number of ether oxygens (including phenoxy) is 2. The van der Waals surface area contributed by atoms with Crippen LogP contribution in [-0.2, 0) is 0 Å². The second kappa shape index (κ2) is 5.85. The van der Waals surface area contributed by atoms with Gasteiger partial charge in [-0.25, -0.2) is 9.18 Å². The van der Waals surface area contributed by atoms with E-state index in [-0.39, 0.29) is 29.2 Å². The van der Waals surface area contributed by atoms with Crippen LogP contribution in [0.3, 0.4) is 0 Å². The van der Waals surface area contributed by atoms with E-state index in [0.29, 0.717) is 5.56 Å². The third-order valence-electron chi connectivity index (χ3n) is 3.59. The molecule has 0 amide bonds. The van der Waals surface area contributed by atoms with Gasteiger partial charge in [-0.1, -0.05) is 6.07 Å². The number of hydrogen-bond donors (Lipinski definition) is 2. The molecular weight excluding hydrogens is 305 g/mol. The van der Waals surface area contributed by atoms with Crippen LogP contribution in [0.2, 0.25) is 0 Å². The Hall–Kier alpha value is -2.67. The van der Waals surface area contributed by atoms with Gasteiger partial charge >= 0.3 is 5.97 Å². The molecule has 0 fully saturated rings. The lowest BCUT2D eigenvalue weighted by Crippen LogP contribution is -2.25. The quantitative estimate of drug-likeness (QED) is 0.903. The van der Waals surface area contributed by atoms with E-state index in [1.807, 2.05) is 0 Å². The molecule has 120 valence electrons. The van der Waals surface area contributed by atoms with Crippen molar-refractivity contribution in [1.82, 2.24) is 4.98 Å². The highest BCUT2D eigenvalue weighted by Gasteiger charge is 2.30. The van der Waals surface area contributed by atoms with Crippen LogP contribution in [0.1, 0.15) is 40.6 Å². The zero-order chi connectivity index (χ0) is 16.6. The van der Waals surface area contributed by atoms with Crippen molar-refractivity contribution in [1.29, 1.82) is 0 Å². The summed E-state index contributed by atoms with van der Waals surface area (Å²) < 4.78 is 25.2. The van der Waals surface area contributed by atoms with E-state index in [2.05, 4.69) is 4.98 Å². The molecule has 2 aromatic rings. The number of pyridine rings is 1. The second-order valence-electron chi connectivity index (χ2n) is 5.16. The van der Waals surface area contributed by atoms with E-state index in [0.717, 1.165) is 6.20 Å². The second-order valence-corrected chi connectivity index (χ2v) is 5.16. The number of carboxylic acids is 1. The van der Waals surface area contributed by atoms with Crippen molar-refractivity contribution in [2.45, 2.75) is 19.1 Å². The SMILES string of the molecule is CC(O)c1c(F)cncc1C1COc2c(cccc2C(=O)O)O1. The molecule has 1 aromatic carbocycles. The Kier molecular flexibility index (Phi) is 3.87. The summed E-state index contributed by atoms with van der Waals surface area (Å²) in [5.41, 5.74) is 0.451. The molecule has 23 heavy (non-hydrogen) atoms. The first-order chi connectivity index (χ1) is 11.0. The molecule has 0 bridgehead atoms. The molecule has 2 atom stereocenters. The van der Waals surface area contributed by atoms with Crippen LogP contribution in [-0.4, -0.2) is 27.8 Å². The van der Waals surface area contributed by atoms with Crippen LogP contribution in [0, 0.1) is 5.82 Å². The molecule has 0 aliphatic carbocycles. The van der Waals surface area contributed by atoms with Crippen molar-refractivity contribution in [2.24, 2.45) is 0 Å². The topological polar surface area (TPSA) is 88.9 Å². The molecule has 1 aliphatic heterocycles. The summed E-state index contributed by atoms with van der Waals surface area (Å²) in [7, 11) is 0. The lowest BCUT2D eigenvalue weighted by atomic mass is 10.0. The van der Waals surface area contributed by atoms with Gasteiger partial charge in [0, 0.05) is 17.3 Å². The summed E-state index contributed by atoms with van der Waals surface area (Å²) >= 11 is 0. The molecule has 0 saturated heterocycles. The highest BCUT2D eigenvalue weighted by molar-refractivity contribution is 5.92. The normalized spacial score (nSPS) is 17.6. The number of nitrogens with zero attached hydrogens (tertiary/aromatic N) is 1. The number of aromatic nitrogens is 1. The minimum absolute atomic E-state index is 0.00549. The molecule has 2 unspecified atom stereocenters. The number of hydrogen-bond acceptors (Lipinski definition) is 5. The molecule has 0 saturated carbocycles. The van der Waals surface area contributed by atoms with Gasteiger partial charge in [0.2, 0.25) is 0 Å². The van der Waals surface area contributed by atoms with E-state index in [4.69, 9.17) is 14.6 Å². The summed E-state index contributed by atoms with van der Waals surface area (Å²) in [6.45, 7) is 1.43.